The van der Waals surface area contributed by atoms with Crippen LogP contribution in [0.25, 0.3) is 11.0 Å². The van der Waals surface area contributed by atoms with Gasteiger partial charge in [0.2, 0.25) is 0 Å². The molecular weight excluding hydrogens is 250 g/mol. The Morgan fingerprint density at radius 1 is 1.05 bits per heavy atom. The summed E-state index contributed by atoms with van der Waals surface area (Å²) in [7, 11) is 0. The normalized spacial score (nSPS) is 10.9. The van der Waals surface area contributed by atoms with Gasteiger partial charge in [0.15, 0.2) is 11.5 Å². The van der Waals surface area contributed by atoms with Crippen LogP contribution in [-0.2, 0) is 13.2 Å². The summed E-state index contributed by atoms with van der Waals surface area (Å²) in [5.74, 6) is 1.45. The molecule has 0 aliphatic heterocycles. The molecule has 0 saturated carbocycles. The van der Waals surface area contributed by atoms with Crippen molar-refractivity contribution in [2.75, 3.05) is 0 Å². The van der Waals surface area contributed by atoms with Gasteiger partial charge >= 0.3 is 0 Å². The molecule has 20 heavy (non-hydrogen) atoms. The zero-order valence-corrected chi connectivity index (χ0v) is 11.4. The van der Waals surface area contributed by atoms with Gasteiger partial charge in [0, 0.05) is 0 Å². The van der Waals surface area contributed by atoms with E-state index in [1.165, 1.54) is 11.1 Å². The topological polar surface area (TPSA) is 48.4 Å². The van der Waals surface area contributed by atoms with Gasteiger partial charge in [0.25, 0.3) is 0 Å². The molecule has 0 amide bonds. The quantitative estimate of drug-likeness (QED) is 0.782. The van der Waals surface area contributed by atoms with Crippen molar-refractivity contribution in [3.8, 4) is 5.75 Å². The Balaban J connectivity index is 1.92. The van der Waals surface area contributed by atoms with E-state index in [4.69, 9.17) is 14.9 Å². The van der Waals surface area contributed by atoms with Gasteiger partial charge in [0.05, 0.1) is 11.9 Å². The Hall–Kier alpha value is -2.26. The SMILES string of the molecule is Cc1ccccc1COc1c(CN)oc2ccccc12. The molecule has 1 heterocycles. The Labute approximate surface area is 118 Å². The first-order valence-electron chi connectivity index (χ1n) is 6.67. The molecule has 0 radical (unpaired) electrons. The standard InChI is InChI=1S/C17H17NO2/c1-12-6-2-3-7-13(12)11-19-17-14-8-4-5-9-15(14)20-16(17)10-18/h2-9H,10-11,18H2,1H3. The lowest BCUT2D eigenvalue weighted by Gasteiger charge is -2.08. The monoisotopic (exact) mass is 267 g/mol. The third-order valence-electron chi connectivity index (χ3n) is 3.44. The van der Waals surface area contributed by atoms with E-state index in [0.29, 0.717) is 18.9 Å². The summed E-state index contributed by atoms with van der Waals surface area (Å²) >= 11 is 0. The zero-order chi connectivity index (χ0) is 13.9. The maximum Gasteiger partial charge on any atom is 0.170 e. The number of hydrogen-bond acceptors (Lipinski definition) is 3. The Kier molecular flexibility index (Phi) is 3.44. The lowest BCUT2D eigenvalue weighted by atomic mass is 10.1. The molecule has 2 aromatic carbocycles. The minimum absolute atomic E-state index is 0.331. The highest BCUT2D eigenvalue weighted by Crippen LogP contribution is 2.33. The van der Waals surface area contributed by atoms with Crippen molar-refractivity contribution in [1.29, 1.82) is 0 Å². The van der Waals surface area contributed by atoms with Crippen molar-refractivity contribution in [2.45, 2.75) is 20.1 Å². The minimum Gasteiger partial charge on any atom is -0.485 e. The molecule has 0 bridgehead atoms. The average Bonchev–Trinajstić information content (AvgIpc) is 2.84. The van der Waals surface area contributed by atoms with Crippen LogP contribution >= 0.6 is 0 Å². The molecule has 3 nitrogen and oxygen atoms in total. The molecule has 0 aliphatic carbocycles. The van der Waals surface area contributed by atoms with Crippen LogP contribution in [0.1, 0.15) is 16.9 Å². The molecular formula is C17H17NO2. The fourth-order valence-corrected chi connectivity index (χ4v) is 2.29. The van der Waals surface area contributed by atoms with Crippen molar-refractivity contribution in [3.05, 3.63) is 65.4 Å². The van der Waals surface area contributed by atoms with Crippen LogP contribution in [0.3, 0.4) is 0 Å². The van der Waals surface area contributed by atoms with Crippen molar-refractivity contribution in [2.24, 2.45) is 5.73 Å². The van der Waals surface area contributed by atoms with Gasteiger partial charge in [-0.2, -0.15) is 0 Å². The molecule has 0 saturated heterocycles. The van der Waals surface area contributed by atoms with Gasteiger partial charge in [-0.25, -0.2) is 0 Å². The van der Waals surface area contributed by atoms with E-state index < -0.39 is 0 Å². The number of benzene rings is 2. The smallest absolute Gasteiger partial charge is 0.170 e. The average molecular weight is 267 g/mol. The molecule has 0 atom stereocenters. The van der Waals surface area contributed by atoms with E-state index in [2.05, 4.69) is 19.1 Å². The van der Waals surface area contributed by atoms with Crippen molar-refractivity contribution < 1.29 is 9.15 Å². The molecule has 3 rings (SSSR count). The fourth-order valence-electron chi connectivity index (χ4n) is 2.29. The van der Waals surface area contributed by atoms with Gasteiger partial charge < -0.3 is 14.9 Å². The van der Waals surface area contributed by atoms with E-state index in [1.807, 2.05) is 36.4 Å². The van der Waals surface area contributed by atoms with Crippen LogP contribution in [-0.4, -0.2) is 0 Å². The maximum absolute atomic E-state index is 5.97. The predicted molar refractivity (Wildman–Crippen MR) is 79.6 cm³/mol. The highest BCUT2D eigenvalue weighted by atomic mass is 16.5. The second-order valence-corrected chi connectivity index (χ2v) is 4.77. The van der Waals surface area contributed by atoms with Crippen molar-refractivity contribution >= 4 is 11.0 Å². The highest BCUT2D eigenvalue weighted by Gasteiger charge is 2.14. The van der Waals surface area contributed by atoms with Gasteiger partial charge in [-0.15, -0.1) is 0 Å². The molecule has 0 spiro atoms. The summed E-state index contributed by atoms with van der Waals surface area (Å²) in [6.45, 7) is 2.93. The first kappa shape index (κ1) is 12.8. The summed E-state index contributed by atoms with van der Waals surface area (Å²) in [6, 6.07) is 16.0. The lowest BCUT2D eigenvalue weighted by molar-refractivity contribution is 0.298. The van der Waals surface area contributed by atoms with Crippen LogP contribution < -0.4 is 10.5 Å². The van der Waals surface area contributed by atoms with E-state index in [1.54, 1.807) is 0 Å². The number of ether oxygens (including phenoxy) is 1. The van der Waals surface area contributed by atoms with Gasteiger partial charge in [-0.1, -0.05) is 36.4 Å². The summed E-state index contributed by atoms with van der Waals surface area (Å²) in [5.41, 5.74) is 8.94. The number of hydrogen-bond donors (Lipinski definition) is 1. The van der Waals surface area contributed by atoms with E-state index >= 15 is 0 Å². The molecule has 3 heteroatoms. The summed E-state index contributed by atoms with van der Waals surface area (Å²) in [5, 5.41) is 0.974. The molecule has 0 aliphatic rings. The number of aryl methyl sites for hydroxylation is 1. The molecule has 1 aromatic heterocycles. The highest BCUT2D eigenvalue weighted by molar-refractivity contribution is 5.85. The van der Waals surface area contributed by atoms with Gasteiger partial charge in [0.1, 0.15) is 12.2 Å². The van der Waals surface area contributed by atoms with Crippen LogP contribution in [0.5, 0.6) is 5.75 Å². The second kappa shape index (κ2) is 5.39. The summed E-state index contributed by atoms with van der Waals surface area (Å²) < 4.78 is 11.7. The minimum atomic E-state index is 0.331. The Bertz CT molecular complexity index is 731. The third kappa shape index (κ3) is 2.28. The number of rotatable bonds is 4. The third-order valence-corrected chi connectivity index (χ3v) is 3.44. The molecule has 2 N–H and O–H groups in total. The molecule has 102 valence electrons. The van der Waals surface area contributed by atoms with Crippen molar-refractivity contribution in [3.63, 3.8) is 0 Å². The Morgan fingerprint density at radius 3 is 2.60 bits per heavy atom. The van der Waals surface area contributed by atoms with Crippen LogP contribution in [0, 0.1) is 6.92 Å². The summed E-state index contributed by atoms with van der Waals surface area (Å²) in [6.07, 6.45) is 0. The van der Waals surface area contributed by atoms with Crippen LogP contribution in [0.2, 0.25) is 0 Å². The number of furan rings is 1. The molecule has 0 fully saturated rings. The lowest BCUT2D eigenvalue weighted by Crippen LogP contribution is -2.01. The van der Waals surface area contributed by atoms with E-state index in [0.717, 1.165) is 16.7 Å². The Morgan fingerprint density at radius 2 is 1.80 bits per heavy atom. The van der Waals surface area contributed by atoms with Gasteiger partial charge in [-0.05, 0) is 30.2 Å². The molecule has 0 unspecified atom stereocenters. The largest absolute Gasteiger partial charge is 0.485 e. The number of nitrogens with two attached hydrogens (primary N) is 1. The second-order valence-electron chi connectivity index (χ2n) is 4.77. The predicted octanol–water partition coefficient (Wildman–Crippen LogP) is 3.78. The number of para-hydroxylation sites is 1. The number of fused-ring (bicyclic) bond motifs is 1. The first-order chi connectivity index (χ1) is 9.79. The van der Waals surface area contributed by atoms with E-state index in [-0.39, 0.29) is 0 Å². The van der Waals surface area contributed by atoms with Crippen LogP contribution in [0.15, 0.2) is 52.9 Å². The van der Waals surface area contributed by atoms with Crippen molar-refractivity contribution in [1.82, 2.24) is 0 Å². The van der Waals surface area contributed by atoms with Crippen LogP contribution in [0.4, 0.5) is 0 Å². The fraction of sp³-hybridized carbons (Fsp3) is 0.176. The van der Waals surface area contributed by atoms with Gasteiger partial charge in [-0.3, -0.25) is 0 Å². The maximum atomic E-state index is 5.97. The zero-order valence-electron chi connectivity index (χ0n) is 11.4. The van der Waals surface area contributed by atoms with E-state index in [9.17, 15) is 0 Å². The first-order valence-corrected chi connectivity index (χ1v) is 6.67. The molecule has 3 aromatic rings. The summed E-state index contributed by atoms with van der Waals surface area (Å²) in [4.78, 5) is 0.